The van der Waals surface area contributed by atoms with E-state index < -0.39 is 37.2 Å². The summed E-state index contributed by atoms with van der Waals surface area (Å²) in [4.78, 5) is 46.6. The second kappa shape index (κ2) is 16.7. The lowest BCUT2D eigenvalue weighted by Crippen LogP contribution is -2.44. The van der Waals surface area contributed by atoms with Crippen LogP contribution >= 0.6 is 0 Å². The van der Waals surface area contributed by atoms with E-state index in [0.29, 0.717) is 12.8 Å². The van der Waals surface area contributed by atoms with Gasteiger partial charge in [0.15, 0.2) is 12.1 Å². The first-order valence-electron chi connectivity index (χ1n) is 10.0. The normalized spacial score (nSPS) is 12.6. The number of unbranched alkanes of at least 4 members (excludes halogenated alkanes) is 4. The fourth-order valence-electron chi connectivity index (χ4n) is 2.48. The van der Waals surface area contributed by atoms with Crippen LogP contribution in [0.5, 0.6) is 0 Å². The first-order chi connectivity index (χ1) is 13.9. The van der Waals surface area contributed by atoms with Crippen molar-refractivity contribution in [2.75, 3.05) is 26.4 Å². The van der Waals surface area contributed by atoms with Gasteiger partial charge in [-0.25, -0.2) is 9.59 Å². The van der Waals surface area contributed by atoms with Crippen molar-refractivity contribution >= 4 is 23.8 Å². The van der Waals surface area contributed by atoms with E-state index in [-0.39, 0.29) is 37.9 Å². The fourth-order valence-corrected chi connectivity index (χ4v) is 2.48. The number of ether oxygens (including phenoxy) is 2. The predicted octanol–water partition coefficient (Wildman–Crippen LogP) is -0.202. The van der Waals surface area contributed by atoms with Gasteiger partial charge in [0.05, 0.1) is 26.4 Å². The Morgan fingerprint density at radius 1 is 0.690 bits per heavy atom. The maximum Gasteiger partial charge on any atom is 0.331 e. The number of amides is 2. The number of aliphatic hydroxyl groups is 2. The van der Waals surface area contributed by atoms with Gasteiger partial charge in [0.1, 0.15) is 0 Å². The van der Waals surface area contributed by atoms with Gasteiger partial charge in [0.2, 0.25) is 11.8 Å². The van der Waals surface area contributed by atoms with Crippen LogP contribution in [0.1, 0.15) is 58.8 Å². The molecule has 10 heteroatoms. The van der Waals surface area contributed by atoms with E-state index in [1.54, 1.807) is 13.8 Å². The van der Waals surface area contributed by atoms with Gasteiger partial charge in [-0.05, 0) is 26.7 Å². The molecule has 0 heterocycles. The molecule has 0 aromatic rings. The molecule has 0 unspecified atom stereocenters. The number of hydrogen-bond acceptors (Lipinski definition) is 8. The first-order valence-corrected chi connectivity index (χ1v) is 10.0. The maximum atomic E-state index is 11.8. The fraction of sp³-hybridized carbons (Fsp3) is 0.789. The Kier molecular flexibility index (Phi) is 15.5. The Balaban J connectivity index is 3.86. The monoisotopic (exact) mass is 418 g/mol. The number of hydrogen-bond donors (Lipinski definition) is 4. The van der Waals surface area contributed by atoms with E-state index in [1.807, 2.05) is 0 Å². The smallest absolute Gasteiger partial charge is 0.331 e. The minimum absolute atomic E-state index is 0.173. The topological polar surface area (TPSA) is 151 Å². The van der Waals surface area contributed by atoms with Crippen LogP contribution < -0.4 is 10.6 Å². The molecule has 4 N–H and O–H groups in total. The van der Waals surface area contributed by atoms with E-state index >= 15 is 0 Å². The van der Waals surface area contributed by atoms with Gasteiger partial charge in [0, 0.05) is 12.8 Å². The molecule has 0 saturated heterocycles. The van der Waals surface area contributed by atoms with E-state index in [9.17, 15) is 19.2 Å². The molecular formula is C19H34N2O8. The van der Waals surface area contributed by atoms with Crippen molar-refractivity contribution in [3.63, 3.8) is 0 Å². The zero-order valence-electron chi connectivity index (χ0n) is 17.3. The lowest BCUT2D eigenvalue weighted by Gasteiger charge is -2.15. The van der Waals surface area contributed by atoms with Gasteiger partial charge in [-0.2, -0.15) is 0 Å². The quantitative estimate of drug-likeness (QED) is 0.199. The zero-order valence-corrected chi connectivity index (χ0v) is 17.3. The maximum absolute atomic E-state index is 11.8. The van der Waals surface area contributed by atoms with Gasteiger partial charge in [0.25, 0.3) is 0 Å². The second-order valence-corrected chi connectivity index (χ2v) is 6.38. The summed E-state index contributed by atoms with van der Waals surface area (Å²) in [5.41, 5.74) is 0. The number of carbonyl (C=O) groups is 4. The molecular weight excluding hydrogens is 384 g/mol. The average Bonchev–Trinajstić information content (AvgIpc) is 2.69. The van der Waals surface area contributed by atoms with Crippen molar-refractivity contribution in [2.24, 2.45) is 0 Å². The molecule has 2 amide bonds. The van der Waals surface area contributed by atoms with E-state index in [4.69, 9.17) is 19.7 Å². The van der Waals surface area contributed by atoms with Crippen LogP contribution in [0, 0.1) is 0 Å². The van der Waals surface area contributed by atoms with Gasteiger partial charge in [-0.3, -0.25) is 9.59 Å². The standard InChI is InChI=1S/C19H34N2O8/c1-3-28-18(26)14(12-22)20-16(24)10-8-6-5-7-9-11-17(25)21-15(13-23)19(27)29-4-2/h14-15,22-23H,3-13H2,1-2H3,(H,20,24)(H,21,25)/t14-,15-/m0/s1. The molecule has 0 aliphatic rings. The third-order valence-corrected chi connectivity index (χ3v) is 3.99. The lowest BCUT2D eigenvalue weighted by atomic mass is 10.1. The van der Waals surface area contributed by atoms with Crippen LogP contribution in [0.25, 0.3) is 0 Å². The average molecular weight is 418 g/mol. The molecule has 0 aliphatic heterocycles. The SMILES string of the molecule is CCOC(=O)[C@H](CO)NC(=O)CCCCCCCC(=O)N[C@@H](CO)C(=O)OCC. The highest BCUT2D eigenvalue weighted by atomic mass is 16.5. The summed E-state index contributed by atoms with van der Waals surface area (Å²) in [6.07, 6.45) is 4.08. The minimum atomic E-state index is -1.04. The largest absolute Gasteiger partial charge is 0.464 e. The number of aliphatic hydroxyl groups excluding tert-OH is 2. The van der Waals surface area contributed by atoms with E-state index in [1.165, 1.54) is 0 Å². The molecule has 0 saturated carbocycles. The van der Waals surface area contributed by atoms with Crippen LogP contribution in [0.15, 0.2) is 0 Å². The Bertz CT molecular complexity index is 468. The van der Waals surface area contributed by atoms with Crippen molar-refractivity contribution in [2.45, 2.75) is 70.9 Å². The molecule has 0 aromatic carbocycles. The highest BCUT2D eigenvalue weighted by molar-refractivity contribution is 5.85. The molecule has 0 aromatic heterocycles. The van der Waals surface area contributed by atoms with E-state index in [2.05, 4.69) is 10.6 Å². The number of rotatable bonds is 16. The highest BCUT2D eigenvalue weighted by Gasteiger charge is 2.21. The van der Waals surface area contributed by atoms with Crippen LogP contribution in [0.2, 0.25) is 0 Å². The van der Waals surface area contributed by atoms with Crippen LogP contribution in [0.3, 0.4) is 0 Å². The minimum Gasteiger partial charge on any atom is -0.464 e. The first kappa shape index (κ1) is 26.8. The van der Waals surface area contributed by atoms with Crippen molar-refractivity contribution in [3.8, 4) is 0 Å². The van der Waals surface area contributed by atoms with E-state index in [0.717, 1.165) is 19.3 Å². The summed E-state index contributed by atoms with van der Waals surface area (Å²) in [7, 11) is 0. The summed E-state index contributed by atoms with van der Waals surface area (Å²) in [6, 6.07) is -2.09. The Morgan fingerprint density at radius 2 is 1.03 bits per heavy atom. The second-order valence-electron chi connectivity index (χ2n) is 6.38. The Hall–Kier alpha value is -2.20. The molecule has 0 fully saturated rings. The molecule has 29 heavy (non-hydrogen) atoms. The predicted molar refractivity (Wildman–Crippen MR) is 104 cm³/mol. The van der Waals surface area contributed by atoms with Crippen LogP contribution in [0.4, 0.5) is 0 Å². The van der Waals surface area contributed by atoms with Gasteiger partial charge in [-0.1, -0.05) is 19.3 Å². The zero-order chi connectivity index (χ0) is 22.1. The van der Waals surface area contributed by atoms with Gasteiger partial charge < -0.3 is 30.3 Å². The molecule has 0 spiro atoms. The van der Waals surface area contributed by atoms with Crippen molar-refractivity contribution in [1.29, 1.82) is 0 Å². The summed E-state index contributed by atoms with van der Waals surface area (Å²) in [5.74, 6) is -1.97. The summed E-state index contributed by atoms with van der Waals surface area (Å²) < 4.78 is 9.51. The summed E-state index contributed by atoms with van der Waals surface area (Å²) >= 11 is 0. The van der Waals surface area contributed by atoms with Crippen molar-refractivity contribution in [1.82, 2.24) is 10.6 Å². The van der Waals surface area contributed by atoms with Crippen LogP contribution in [-0.2, 0) is 28.7 Å². The molecule has 0 bridgehead atoms. The third kappa shape index (κ3) is 12.8. The molecule has 0 aliphatic carbocycles. The number of carbonyl (C=O) groups excluding carboxylic acids is 4. The molecule has 0 radical (unpaired) electrons. The van der Waals surface area contributed by atoms with Crippen LogP contribution in [-0.4, -0.2) is 72.5 Å². The van der Waals surface area contributed by atoms with Gasteiger partial charge in [-0.15, -0.1) is 0 Å². The highest BCUT2D eigenvalue weighted by Crippen LogP contribution is 2.08. The van der Waals surface area contributed by atoms with Crippen molar-refractivity contribution in [3.05, 3.63) is 0 Å². The Morgan fingerprint density at radius 3 is 1.34 bits per heavy atom. The molecule has 10 nitrogen and oxygen atoms in total. The summed E-state index contributed by atoms with van der Waals surface area (Å²) in [5, 5.41) is 23.1. The Labute approximate surface area is 171 Å². The van der Waals surface area contributed by atoms with Crippen molar-refractivity contribution < 1.29 is 38.9 Å². The molecule has 168 valence electrons. The van der Waals surface area contributed by atoms with Gasteiger partial charge >= 0.3 is 11.9 Å². The molecule has 0 rings (SSSR count). The lowest BCUT2D eigenvalue weighted by molar-refractivity contribution is -0.149. The number of esters is 2. The molecule has 2 atom stereocenters. The summed E-state index contributed by atoms with van der Waals surface area (Å²) in [6.45, 7) is 2.60. The third-order valence-electron chi connectivity index (χ3n) is 3.99. The number of nitrogens with one attached hydrogen (secondary N) is 2.